The Morgan fingerprint density at radius 2 is 1.61 bits per heavy atom. The summed E-state index contributed by atoms with van der Waals surface area (Å²) in [6, 6.07) is 16.9. The van der Waals surface area contributed by atoms with Crippen molar-refractivity contribution in [2.45, 2.75) is 38.1 Å². The van der Waals surface area contributed by atoms with E-state index in [0.717, 1.165) is 23.0 Å². The lowest BCUT2D eigenvalue weighted by Gasteiger charge is -2.32. The molecule has 0 aromatic heterocycles. The molecule has 0 heterocycles. The third-order valence-corrected chi connectivity index (χ3v) is 5.25. The molecule has 0 spiro atoms. The first-order chi connectivity index (χ1) is 11.1. The predicted molar refractivity (Wildman–Crippen MR) is 105 cm³/mol. The second-order valence-electron chi connectivity index (χ2n) is 6.24. The van der Waals surface area contributed by atoms with Crippen molar-refractivity contribution in [1.82, 2.24) is 5.32 Å². The number of nitrogens with one attached hydrogen (secondary N) is 2. The van der Waals surface area contributed by atoms with Gasteiger partial charge >= 0.3 is 0 Å². The van der Waals surface area contributed by atoms with Crippen LogP contribution >= 0.6 is 28.1 Å². The van der Waals surface area contributed by atoms with Gasteiger partial charge < -0.3 is 10.6 Å². The van der Waals surface area contributed by atoms with E-state index >= 15 is 0 Å². The molecule has 0 amide bonds. The van der Waals surface area contributed by atoms with Crippen molar-refractivity contribution in [3.63, 3.8) is 0 Å². The molecule has 1 aliphatic rings. The summed E-state index contributed by atoms with van der Waals surface area (Å²) in [5.41, 5.74) is 3.59. The Labute approximate surface area is 151 Å². The molecule has 2 N–H and O–H groups in total. The molecule has 0 saturated heterocycles. The molecule has 0 bridgehead atoms. The van der Waals surface area contributed by atoms with Crippen molar-refractivity contribution in [2.24, 2.45) is 0 Å². The van der Waals surface area contributed by atoms with Crippen LogP contribution in [0, 0.1) is 6.92 Å². The van der Waals surface area contributed by atoms with Crippen molar-refractivity contribution >= 4 is 38.9 Å². The van der Waals surface area contributed by atoms with Crippen molar-refractivity contribution in [3.05, 3.63) is 64.1 Å². The SMILES string of the molecule is Cc1ccc(C2(NC(=S)Nc3ccc(Br)cc3)CCCC2)cc1. The normalized spacial score (nSPS) is 16.1. The lowest BCUT2D eigenvalue weighted by Crippen LogP contribution is -2.45. The summed E-state index contributed by atoms with van der Waals surface area (Å²) in [6.45, 7) is 2.12. The van der Waals surface area contributed by atoms with Crippen LogP contribution in [0.2, 0.25) is 0 Å². The van der Waals surface area contributed by atoms with Gasteiger partial charge in [-0.05, 0) is 61.8 Å². The maximum Gasteiger partial charge on any atom is 0.171 e. The molecule has 1 saturated carbocycles. The van der Waals surface area contributed by atoms with E-state index in [2.05, 4.69) is 57.8 Å². The zero-order chi connectivity index (χ0) is 16.3. The van der Waals surface area contributed by atoms with Crippen LogP contribution in [0.1, 0.15) is 36.8 Å². The Kier molecular flexibility index (Phi) is 5.02. The molecule has 0 atom stereocenters. The summed E-state index contributed by atoms with van der Waals surface area (Å²) in [5, 5.41) is 7.59. The second-order valence-corrected chi connectivity index (χ2v) is 7.57. The minimum Gasteiger partial charge on any atom is -0.353 e. The minimum absolute atomic E-state index is 0.0346. The summed E-state index contributed by atoms with van der Waals surface area (Å²) in [4.78, 5) is 0. The quantitative estimate of drug-likeness (QED) is 0.677. The Morgan fingerprint density at radius 3 is 2.22 bits per heavy atom. The molecule has 120 valence electrons. The zero-order valence-corrected chi connectivity index (χ0v) is 15.6. The van der Waals surface area contributed by atoms with Gasteiger partial charge in [0.05, 0.1) is 5.54 Å². The van der Waals surface area contributed by atoms with Crippen molar-refractivity contribution in [1.29, 1.82) is 0 Å². The van der Waals surface area contributed by atoms with E-state index in [9.17, 15) is 0 Å². The molecular formula is C19H21BrN2S. The lowest BCUT2D eigenvalue weighted by molar-refractivity contribution is 0.408. The van der Waals surface area contributed by atoms with Gasteiger partial charge in [-0.15, -0.1) is 0 Å². The largest absolute Gasteiger partial charge is 0.353 e. The van der Waals surface area contributed by atoms with Crippen molar-refractivity contribution in [2.75, 3.05) is 5.32 Å². The molecule has 2 nitrogen and oxygen atoms in total. The average molecular weight is 389 g/mol. The fourth-order valence-electron chi connectivity index (χ4n) is 3.25. The molecule has 0 aliphatic heterocycles. The number of halogens is 1. The highest BCUT2D eigenvalue weighted by Crippen LogP contribution is 2.38. The topological polar surface area (TPSA) is 24.1 Å². The molecule has 2 aromatic rings. The maximum atomic E-state index is 5.57. The summed E-state index contributed by atoms with van der Waals surface area (Å²) >= 11 is 9.02. The highest BCUT2D eigenvalue weighted by atomic mass is 79.9. The third-order valence-electron chi connectivity index (χ3n) is 4.52. The van der Waals surface area contributed by atoms with Crippen LogP contribution in [0.5, 0.6) is 0 Å². The van der Waals surface area contributed by atoms with Crippen LogP contribution in [0.25, 0.3) is 0 Å². The van der Waals surface area contributed by atoms with E-state index in [1.165, 1.54) is 24.0 Å². The Morgan fingerprint density at radius 1 is 1.00 bits per heavy atom. The van der Waals surface area contributed by atoms with Crippen molar-refractivity contribution < 1.29 is 0 Å². The summed E-state index contributed by atoms with van der Waals surface area (Å²) < 4.78 is 1.06. The number of thiocarbonyl (C=S) groups is 1. The predicted octanol–water partition coefficient (Wildman–Crippen LogP) is 5.51. The zero-order valence-electron chi connectivity index (χ0n) is 13.2. The smallest absolute Gasteiger partial charge is 0.171 e. The van der Waals surface area contributed by atoms with Crippen LogP contribution in [-0.2, 0) is 5.54 Å². The monoisotopic (exact) mass is 388 g/mol. The summed E-state index contributed by atoms with van der Waals surface area (Å²) in [6.07, 6.45) is 4.72. The lowest BCUT2D eigenvalue weighted by atomic mass is 9.88. The van der Waals surface area contributed by atoms with Crippen molar-refractivity contribution in [3.8, 4) is 0 Å². The Bertz CT molecular complexity index is 674. The summed E-state index contributed by atoms with van der Waals surface area (Å²) in [7, 11) is 0. The van der Waals surface area contributed by atoms with Gasteiger partial charge in [0.15, 0.2) is 5.11 Å². The molecule has 1 fully saturated rings. The van der Waals surface area contributed by atoms with Crippen LogP contribution in [0.15, 0.2) is 53.0 Å². The van der Waals surface area contributed by atoms with Gasteiger partial charge in [0.25, 0.3) is 0 Å². The van der Waals surface area contributed by atoms with E-state index in [1.54, 1.807) is 0 Å². The average Bonchev–Trinajstić information content (AvgIpc) is 2.99. The highest BCUT2D eigenvalue weighted by Gasteiger charge is 2.36. The molecule has 2 aromatic carbocycles. The van der Waals surface area contributed by atoms with Crippen LogP contribution in [0.3, 0.4) is 0 Å². The van der Waals surface area contributed by atoms with Crippen LogP contribution < -0.4 is 10.6 Å². The first-order valence-electron chi connectivity index (χ1n) is 7.99. The molecule has 4 heteroatoms. The third kappa shape index (κ3) is 3.93. The van der Waals surface area contributed by atoms with Gasteiger partial charge in [0.2, 0.25) is 0 Å². The van der Waals surface area contributed by atoms with Gasteiger partial charge in [-0.1, -0.05) is 58.6 Å². The molecular weight excluding hydrogens is 368 g/mol. The van der Waals surface area contributed by atoms with Gasteiger partial charge in [-0.2, -0.15) is 0 Å². The Hall–Kier alpha value is -1.39. The van der Waals surface area contributed by atoms with E-state index < -0.39 is 0 Å². The van der Waals surface area contributed by atoms with Crippen LogP contribution in [0.4, 0.5) is 5.69 Å². The van der Waals surface area contributed by atoms with Gasteiger partial charge in [0.1, 0.15) is 0 Å². The van der Waals surface area contributed by atoms with Gasteiger partial charge in [-0.25, -0.2) is 0 Å². The molecule has 23 heavy (non-hydrogen) atoms. The number of aryl methyl sites for hydroxylation is 1. The fraction of sp³-hybridized carbons (Fsp3) is 0.316. The second kappa shape index (κ2) is 7.02. The van der Waals surface area contributed by atoms with Crippen LogP contribution in [-0.4, -0.2) is 5.11 Å². The molecule has 1 aliphatic carbocycles. The number of rotatable bonds is 3. The molecule has 0 radical (unpaired) electrons. The number of hydrogen-bond acceptors (Lipinski definition) is 1. The van der Waals surface area contributed by atoms with Gasteiger partial charge in [0, 0.05) is 10.2 Å². The molecule has 0 unspecified atom stereocenters. The first kappa shape index (κ1) is 16.5. The number of hydrogen-bond donors (Lipinski definition) is 2. The standard InChI is InChI=1S/C19H21BrN2S/c1-14-4-6-15(7-5-14)19(12-2-3-13-19)22-18(23)21-17-10-8-16(20)9-11-17/h4-11H,2-3,12-13H2,1H3,(H2,21,22,23). The Balaban J connectivity index is 1.75. The molecule has 3 rings (SSSR count). The highest BCUT2D eigenvalue weighted by molar-refractivity contribution is 9.10. The minimum atomic E-state index is -0.0346. The van der Waals surface area contributed by atoms with E-state index in [1.807, 2.05) is 24.3 Å². The number of benzene rings is 2. The van der Waals surface area contributed by atoms with E-state index in [0.29, 0.717) is 5.11 Å². The number of anilines is 1. The fourth-order valence-corrected chi connectivity index (χ4v) is 3.83. The van der Waals surface area contributed by atoms with E-state index in [-0.39, 0.29) is 5.54 Å². The van der Waals surface area contributed by atoms with E-state index in [4.69, 9.17) is 12.2 Å². The first-order valence-corrected chi connectivity index (χ1v) is 9.19. The van der Waals surface area contributed by atoms with Gasteiger partial charge in [-0.3, -0.25) is 0 Å². The summed E-state index contributed by atoms with van der Waals surface area (Å²) in [5.74, 6) is 0. The maximum absolute atomic E-state index is 5.57.